The highest BCUT2D eigenvalue weighted by Crippen LogP contribution is 2.44. The van der Waals surface area contributed by atoms with E-state index in [0.717, 1.165) is 12.5 Å². The minimum atomic E-state index is 0.130. The van der Waals surface area contributed by atoms with E-state index in [-0.39, 0.29) is 4.93 Å². The topological polar surface area (TPSA) is 9.23 Å². The quantitative estimate of drug-likeness (QED) is 0.592. The van der Waals surface area contributed by atoms with Crippen molar-refractivity contribution in [3.05, 3.63) is 0 Å². The van der Waals surface area contributed by atoms with Crippen molar-refractivity contribution in [3.8, 4) is 0 Å². The van der Waals surface area contributed by atoms with Crippen LogP contribution in [0, 0.1) is 5.92 Å². The van der Waals surface area contributed by atoms with Crippen molar-refractivity contribution in [2.24, 2.45) is 5.92 Å². The summed E-state index contributed by atoms with van der Waals surface area (Å²) in [6.07, 6.45) is 13.1. The summed E-state index contributed by atoms with van der Waals surface area (Å²) in [6, 6.07) is 0. The SMILES string of the molecule is CCCCC(OCC)(SC)C1CCCCC1. The number of hydrogen-bond acceptors (Lipinski definition) is 2. The molecule has 0 saturated heterocycles. The van der Waals surface area contributed by atoms with E-state index >= 15 is 0 Å². The van der Waals surface area contributed by atoms with Crippen molar-refractivity contribution < 1.29 is 4.74 Å². The summed E-state index contributed by atoms with van der Waals surface area (Å²) in [5.74, 6) is 0.794. The molecule has 1 atom stereocenters. The molecule has 1 fully saturated rings. The van der Waals surface area contributed by atoms with Crippen molar-refractivity contribution in [2.45, 2.75) is 70.1 Å². The highest BCUT2D eigenvalue weighted by molar-refractivity contribution is 7.99. The summed E-state index contributed by atoms with van der Waals surface area (Å²) < 4.78 is 6.18. The first-order valence-corrected chi connectivity index (χ1v) is 8.20. The zero-order valence-corrected chi connectivity index (χ0v) is 12.1. The van der Waals surface area contributed by atoms with E-state index in [1.165, 1.54) is 51.4 Å². The number of unbranched alkanes of at least 4 members (excludes halogenated alkanes) is 1. The summed E-state index contributed by atoms with van der Waals surface area (Å²) >= 11 is 1.97. The maximum absolute atomic E-state index is 6.18. The largest absolute Gasteiger partial charge is 0.364 e. The first kappa shape index (κ1) is 14.4. The molecule has 0 heterocycles. The van der Waals surface area contributed by atoms with Crippen LogP contribution in [0.15, 0.2) is 0 Å². The van der Waals surface area contributed by atoms with Crippen molar-refractivity contribution in [3.63, 3.8) is 0 Å². The van der Waals surface area contributed by atoms with Gasteiger partial charge in [0.2, 0.25) is 0 Å². The van der Waals surface area contributed by atoms with Gasteiger partial charge in [-0.05, 0) is 44.8 Å². The number of thioether (sulfide) groups is 1. The van der Waals surface area contributed by atoms with Gasteiger partial charge < -0.3 is 4.74 Å². The van der Waals surface area contributed by atoms with Crippen molar-refractivity contribution in [1.29, 1.82) is 0 Å². The maximum atomic E-state index is 6.18. The van der Waals surface area contributed by atoms with E-state index in [0.29, 0.717) is 0 Å². The van der Waals surface area contributed by atoms with Crippen LogP contribution in [-0.2, 0) is 4.74 Å². The van der Waals surface area contributed by atoms with E-state index in [9.17, 15) is 0 Å². The lowest BCUT2D eigenvalue weighted by molar-refractivity contribution is -0.0277. The summed E-state index contributed by atoms with van der Waals surface area (Å²) in [5, 5.41) is 0. The van der Waals surface area contributed by atoms with Crippen LogP contribution in [-0.4, -0.2) is 17.8 Å². The Morgan fingerprint density at radius 2 is 1.88 bits per heavy atom. The third-order valence-corrected chi connectivity index (χ3v) is 5.19. The number of rotatable bonds is 7. The van der Waals surface area contributed by atoms with E-state index in [2.05, 4.69) is 20.1 Å². The van der Waals surface area contributed by atoms with Crippen LogP contribution < -0.4 is 0 Å². The van der Waals surface area contributed by atoms with Gasteiger partial charge in [-0.15, -0.1) is 11.8 Å². The van der Waals surface area contributed by atoms with Gasteiger partial charge in [-0.1, -0.05) is 32.6 Å². The molecular weight excluding hydrogens is 216 g/mol. The number of ether oxygens (including phenoxy) is 1. The van der Waals surface area contributed by atoms with Gasteiger partial charge in [0.25, 0.3) is 0 Å². The molecule has 0 radical (unpaired) electrons. The van der Waals surface area contributed by atoms with Crippen LogP contribution in [0.25, 0.3) is 0 Å². The van der Waals surface area contributed by atoms with Gasteiger partial charge in [-0.3, -0.25) is 0 Å². The lowest BCUT2D eigenvalue weighted by atomic mass is 9.83. The normalized spacial score (nSPS) is 21.9. The van der Waals surface area contributed by atoms with Crippen molar-refractivity contribution >= 4 is 11.8 Å². The smallest absolute Gasteiger partial charge is 0.116 e. The van der Waals surface area contributed by atoms with Gasteiger partial charge >= 0.3 is 0 Å². The maximum Gasteiger partial charge on any atom is 0.116 e. The second kappa shape index (κ2) is 7.60. The van der Waals surface area contributed by atoms with Gasteiger partial charge in [0.1, 0.15) is 4.93 Å². The van der Waals surface area contributed by atoms with Crippen molar-refractivity contribution in [1.82, 2.24) is 0 Å². The molecule has 0 spiro atoms. The Labute approximate surface area is 106 Å². The lowest BCUT2D eigenvalue weighted by Crippen LogP contribution is -2.38. The summed E-state index contributed by atoms with van der Waals surface area (Å²) in [4.78, 5) is 0.130. The minimum absolute atomic E-state index is 0.130. The summed E-state index contributed by atoms with van der Waals surface area (Å²) in [6.45, 7) is 5.28. The molecule has 0 N–H and O–H groups in total. The fraction of sp³-hybridized carbons (Fsp3) is 1.00. The fourth-order valence-corrected chi connectivity index (χ4v) is 4.08. The Morgan fingerprint density at radius 1 is 1.19 bits per heavy atom. The predicted molar refractivity (Wildman–Crippen MR) is 74.0 cm³/mol. The zero-order valence-electron chi connectivity index (χ0n) is 11.3. The highest BCUT2D eigenvalue weighted by atomic mass is 32.2. The second-order valence-electron chi connectivity index (χ2n) is 4.89. The van der Waals surface area contributed by atoms with E-state index in [1.54, 1.807) is 0 Å². The van der Waals surface area contributed by atoms with Gasteiger partial charge in [0.05, 0.1) is 0 Å². The Hall–Kier alpha value is 0.310. The molecule has 1 aliphatic rings. The van der Waals surface area contributed by atoms with E-state index in [1.807, 2.05) is 11.8 Å². The molecule has 0 aromatic carbocycles. The van der Waals surface area contributed by atoms with Gasteiger partial charge in [0, 0.05) is 6.61 Å². The Morgan fingerprint density at radius 3 is 2.38 bits per heavy atom. The molecule has 0 amide bonds. The molecule has 2 heteroatoms. The Bertz CT molecular complexity index is 178. The molecule has 1 rings (SSSR count). The third kappa shape index (κ3) is 3.66. The molecule has 16 heavy (non-hydrogen) atoms. The summed E-state index contributed by atoms with van der Waals surface area (Å²) in [7, 11) is 0. The molecule has 96 valence electrons. The predicted octanol–water partition coefficient (Wildman–Crippen LogP) is 4.85. The zero-order chi connectivity index (χ0) is 11.9. The molecule has 0 aromatic heterocycles. The van der Waals surface area contributed by atoms with E-state index < -0.39 is 0 Å². The molecular formula is C14H28OS. The monoisotopic (exact) mass is 244 g/mol. The molecule has 1 unspecified atom stereocenters. The van der Waals surface area contributed by atoms with Gasteiger partial charge in [-0.2, -0.15) is 0 Å². The van der Waals surface area contributed by atoms with Gasteiger partial charge in [-0.25, -0.2) is 0 Å². The molecule has 1 nitrogen and oxygen atoms in total. The minimum Gasteiger partial charge on any atom is -0.364 e. The molecule has 1 saturated carbocycles. The Balaban J connectivity index is 2.64. The molecule has 1 aliphatic carbocycles. The first-order valence-electron chi connectivity index (χ1n) is 6.98. The van der Waals surface area contributed by atoms with Crippen LogP contribution >= 0.6 is 11.8 Å². The lowest BCUT2D eigenvalue weighted by Gasteiger charge is -2.41. The highest BCUT2D eigenvalue weighted by Gasteiger charge is 2.38. The average molecular weight is 244 g/mol. The average Bonchev–Trinajstić information content (AvgIpc) is 2.36. The molecule has 0 aliphatic heterocycles. The fourth-order valence-electron chi connectivity index (χ4n) is 2.93. The van der Waals surface area contributed by atoms with Gasteiger partial charge in [0.15, 0.2) is 0 Å². The second-order valence-corrected chi connectivity index (χ2v) is 5.99. The standard InChI is InChI=1S/C14H28OS/c1-4-6-12-14(16-3,15-5-2)13-10-8-7-9-11-13/h13H,4-12H2,1-3H3. The molecule has 0 bridgehead atoms. The van der Waals surface area contributed by atoms with Crippen molar-refractivity contribution in [2.75, 3.05) is 12.9 Å². The summed E-state index contributed by atoms with van der Waals surface area (Å²) in [5.41, 5.74) is 0. The van der Waals surface area contributed by atoms with Crippen LogP contribution in [0.5, 0.6) is 0 Å². The first-order chi connectivity index (χ1) is 7.79. The van der Waals surface area contributed by atoms with Crippen LogP contribution in [0.2, 0.25) is 0 Å². The van der Waals surface area contributed by atoms with Crippen LogP contribution in [0.1, 0.15) is 65.2 Å². The number of hydrogen-bond donors (Lipinski definition) is 0. The van der Waals surface area contributed by atoms with Crippen LogP contribution in [0.3, 0.4) is 0 Å². The third-order valence-electron chi connectivity index (χ3n) is 3.84. The van der Waals surface area contributed by atoms with E-state index in [4.69, 9.17) is 4.74 Å². The van der Waals surface area contributed by atoms with Crippen LogP contribution in [0.4, 0.5) is 0 Å². The Kier molecular flexibility index (Phi) is 6.83. The molecule has 0 aromatic rings.